The Morgan fingerprint density at radius 3 is 2.41 bits per heavy atom. The van der Waals surface area contributed by atoms with Gasteiger partial charge in [-0.05, 0) is 49.7 Å². The quantitative estimate of drug-likeness (QED) is 0.761. The number of nitrogens with zero attached hydrogens (tertiary/aromatic N) is 1. The van der Waals surface area contributed by atoms with Gasteiger partial charge in [0.05, 0.1) is 32.4 Å². The summed E-state index contributed by atoms with van der Waals surface area (Å²) >= 11 is 0. The summed E-state index contributed by atoms with van der Waals surface area (Å²) < 4.78 is 10.5. The Bertz CT molecular complexity index is 833. The minimum Gasteiger partial charge on any atom is -0.493 e. The number of benzene rings is 2. The third-order valence-electron chi connectivity index (χ3n) is 4.69. The lowest BCUT2D eigenvalue weighted by Gasteiger charge is -2.16. The maximum atomic E-state index is 12.6. The summed E-state index contributed by atoms with van der Waals surface area (Å²) in [6.45, 7) is 2.55. The molecule has 142 valence electrons. The van der Waals surface area contributed by atoms with Crippen LogP contribution in [0.5, 0.6) is 11.5 Å². The third-order valence-corrected chi connectivity index (χ3v) is 4.69. The number of hydrogen-bond acceptors (Lipinski definition) is 5. The minimum atomic E-state index is -0.487. The highest BCUT2D eigenvalue weighted by Gasteiger charge is 2.39. The molecule has 1 N–H and O–H groups in total. The van der Waals surface area contributed by atoms with Crippen LogP contribution in [-0.2, 0) is 16.0 Å². The maximum absolute atomic E-state index is 12.6. The van der Waals surface area contributed by atoms with Crippen molar-refractivity contribution in [1.29, 1.82) is 0 Å². The lowest BCUT2D eigenvalue weighted by atomic mass is 10.1. The molecule has 1 fully saturated rings. The average molecular weight is 368 g/mol. The van der Waals surface area contributed by atoms with Gasteiger partial charge in [0.25, 0.3) is 5.91 Å². The fourth-order valence-electron chi connectivity index (χ4n) is 3.18. The number of methoxy groups -OCH3 is 2. The van der Waals surface area contributed by atoms with Gasteiger partial charge in [-0.3, -0.25) is 9.59 Å². The van der Waals surface area contributed by atoms with Crippen LogP contribution in [-0.4, -0.2) is 38.6 Å². The van der Waals surface area contributed by atoms with Gasteiger partial charge < -0.3 is 14.8 Å². The molecule has 0 radical (unpaired) electrons. The van der Waals surface area contributed by atoms with E-state index >= 15 is 0 Å². The van der Waals surface area contributed by atoms with Crippen molar-refractivity contribution in [3.63, 3.8) is 0 Å². The predicted octanol–water partition coefficient (Wildman–Crippen LogP) is 2.48. The predicted molar refractivity (Wildman–Crippen MR) is 103 cm³/mol. The van der Waals surface area contributed by atoms with E-state index < -0.39 is 6.04 Å². The van der Waals surface area contributed by atoms with Crippen LogP contribution < -0.4 is 19.7 Å². The number of ether oxygens (including phenoxy) is 2. The highest BCUT2D eigenvalue weighted by molar-refractivity contribution is 6.22. The number of hydrogen-bond donors (Lipinski definition) is 1. The molecule has 2 amide bonds. The number of carbonyl (C=O) groups is 2. The molecule has 0 saturated carbocycles. The van der Waals surface area contributed by atoms with Crippen molar-refractivity contribution in [3.05, 3.63) is 53.6 Å². The van der Waals surface area contributed by atoms with E-state index in [1.54, 1.807) is 26.4 Å². The molecule has 1 heterocycles. The fraction of sp³-hybridized carbons (Fsp3) is 0.333. The largest absolute Gasteiger partial charge is 0.493 e. The molecule has 3 rings (SSSR count). The highest BCUT2D eigenvalue weighted by atomic mass is 16.5. The first-order valence-electron chi connectivity index (χ1n) is 8.91. The van der Waals surface area contributed by atoms with Gasteiger partial charge >= 0.3 is 0 Å². The summed E-state index contributed by atoms with van der Waals surface area (Å²) in [5.74, 6) is 0.982. The Balaban J connectivity index is 1.60. The van der Waals surface area contributed by atoms with E-state index in [0.29, 0.717) is 30.2 Å². The van der Waals surface area contributed by atoms with E-state index in [4.69, 9.17) is 9.47 Å². The molecular weight excluding hydrogens is 344 g/mol. The van der Waals surface area contributed by atoms with Crippen LogP contribution in [0, 0.1) is 6.92 Å². The zero-order chi connectivity index (χ0) is 19.4. The molecule has 6 nitrogen and oxygen atoms in total. The molecule has 1 aliphatic rings. The average Bonchev–Trinajstić information content (AvgIpc) is 2.96. The van der Waals surface area contributed by atoms with Gasteiger partial charge in [-0.25, -0.2) is 4.90 Å². The summed E-state index contributed by atoms with van der Waals surface area (Å²) in [6, 6.07) is 12.6. The number of rotatable bonds is 7. The zero-order valence-corrected chi connectivity index (χ0v) is 15.8. The summed E-state index contributed by atoms with van der Waals surface area (Å²) in [5.41, 5.74) is 2.77. The first-order chi connectivity index (χ1) is 13.0. The topological polar surface area (TPSA) is 67.9 Å². The van der Waals surface area contributed by atoms with Crippen LogP contribution in [0.4, 0.5) is 5.69 Å². The first kappa shape index (κ1) is 18.9. The molecular formula is C21H24N2O4. The van der Waals surface area contributed by atoms with Gasteiger partial charge in [-0.1, -0.05) is 23.8 Å². The summed E-state index contributed by atoms with van der Waals surface area (Å²) in [5, 5.41) is 3.20. The molecule has 27 heavy (non-hydrogen) atoms. The van der Waals surface area contributed by atoms with Crippen molar-refractivity contribution in [1.82, 2.24) is 5.32 Å². The van der Waals surface area contributed by atoms with Crippen LogP contribution in [0.25, 0.3) is 0 Å². The van der Waals surface area contributed by atoms with E-state index in [9.17, 15) is 9.59 Å². The van der Waals surface area contributed by atoms with Crippen LogP contribution in [0.1, 0.15) is 17.5 Å². The van der Waals surface area contributed by atoms with E-state index in [1.807, 2.05) is 37.3 Å². The number of nitrogens with one attached hydrogen (secondary N) is 1. The molecule has 1 unspecified atom stereocenters. The molecule has 1 aliphatic heterocycles. The van der Waals surface area contributed by atoms with Gasteiger partial charge in [0, 0.05) is 0 Å². The summed E-state index contributed by atoms with van der Waals surface area (Å²) in [4.78, 5) is 26.2. The summed E-state index contributed by atoms with van der Waals surface area (Å²) in [7, 11) is 3.20. The van der Waals surface area contributed by atoms with Gasteiger partial charge in [0.15, 0.2) is 11.5 Å². The second-order valence-electron chi connectivity index (χ2n) is 6.55. The van der Waals surface area contributed by atoms with E-state index in [1.165, 1.54) is 4.90 Å². The molecule has 0 bridgehead atoms. The second kappa shape index (κ2) is 8.22. The molecule has 1 saturated heterocycles. The van der Waals surface area contributed by atoms with Gasteiger partial charge in [0.2, 0.25) is 5.91 Å². The van der Waals surface area contributed by atoms with Gasteiger partial charge in [-0.15, -0.1) is 0 Å². The lowest BCUT2D eigenvalue weighted by Crippen LogP contribution is -2.39. The second-order valence-corrected chi connectivity index (χ2v) is 6.55. The van der Waals surface area contributed by atoms with Crippen LogP contribution >= 0.6 is 0 Å². The Labute approximate surface area is 159 Å². The number of carbonyl (C=O) groups excluding carboxylic acids is 2. The van der Waals surface area contributed by atoms with E-state index in [2.05, 4.69) is 5.32 Å². The van der Waals surface area contributed by atoms with E-state index in [-0.39, 0.29) is 18.2 Å². The number of aryl methyl sites for hydroxylation is 1. The normalized spacial score (nSPS) is 16.7. The molecule has 0 aromatic heterocycles. The van der Waals surface area contributed by atoms with Crippen molar-refractivity contribution >= 4 is 17.5 Å². The van der Waals surface area contributed by atoms with Crippen LogP contribution in [0.2, 0.25) is 0 Å². The molecule has 0 aliphatic carbocycles. The smallest absolute Gasteiger partial charge is 0.251 e. The Morgan fingerprint density at radius 2 is 1.74 bits per heavy atom. The standard InChI is InChI=1S/C21H24N2O4/c1-14-4-7-16(8-5-14)23-20(24)13-17(21(23)25)22-11-10-15-6-9-18(26-2)19(12-15)27-3/h4-9,12,17,22H,10-11,13H2,1-3H3. The Morgan fingerprint density at radius 1 is 1.04 bits per heavy atom. The molecule has 2 aromatic carbocycles. The summed E-state index contributed by atoms with van der Waals surface area (Å²) in [6.07, 6.45) is 0.890. The van der Waals surface area contributed by atoms with Crippen molar-refractivity contribution in [2.45, 2.75) is 25.8 Å². The zero-order valence-electron chi connectivity index (χ0n) is 15.8. The molecule has 6 heteroatoms. The van der Waals surface area contributed by atoms with Gasteiger partial charge in [0.1, 0.15) is 0 Å². The highest BCUT2D eigenvalue weighted by Crippen LogP contribution is 2.28. The van der Waals surface area contributed by atoms with E-state index in [0.717, 1.165) is 11.1 Å². The minimum absolute atomic E-state index is 0.174. The first-order valence-corrected chi connectivity index (χ1v) is 8.91. The molecule has 2 aromatic rings. The van der Waals surface area contributed by atoms with Gasteiger partial charge in [-0.2, -0.15) is 0 Å². The fourth-order valence-corrected chi connectivity index (χ4v) is 3.18. The Hall–Kier alpha value is -2.86. The third kappa shape index (κ3) is 4.11. The number of amides is 2. The molecule has 0 spiro atoms. The monoisotopic (exact) mass is 368 g/mol. The van der Waals surface area contributed by atoms with Crippen molar-refractivity contribution in [3.8, 4) is 11.5 Å². The molecule has 1 atom stereocenters. The number of anilines is 1. The van der Waals surface area contributed by atoms with Crippen molar-refractivity contribution in [2.24, 2.45) is 0 Å². The Kier molecular flexibility index (Phi) is 5.76. The SMILES string of the molecule is COc1ccc(CCNC2CC(=O)N(c3ccc(C)cc3)C2=O)cc1OC. The van der Waals surface area contributed by atoms with Crippen molar-refractivity contribution < 1.29 is 19.1 Å². The van der Waals surface area contributed by atoms with Crippen molar-refractivity contribution in [2.75, 3.05) is 25.7 Å². The number of imide groups is 1. The lowest BCUT2D eigenvalue weighted by molar-refractivity contribution is -0.121. The maximum Gasteiger partial charge on any atom is 0.251 e. The van der Waals surface area contributed by atoms with Crippen LogP contribution in [0.15, 0.2) is 42.5 Å². The van der Waals surface area contributed by atoms with Crippen LogP contribution in [0.3, 0.4) is 0 Å².